The molecule has 148 valence electrons. The number of unbranched alkanes of at least 4 members (excludes halogenated alkanes) is 6. The van der Waals surface area contributed by atoms with Crippen molar-refractivity contribution in [1.82, 2.24) is 0 Å². The van der Waals surface area contributed by atoms with Gasteiger partial charge in [0, 0.05) is 18.7 Å². The minimum absolute atomic E-state index is 0.160. The zero-order valence-electron chi connectivity index (χ0n) is 16.2. The van der Waals surface area contributed by atoms with Gasteiger partial charge in [0.25, 0.3) is 0 Å². The predicted molar refractivity (Wildman–Crippen MR) is 103 cm³/mol. The summed E-state index contributed by atoms with van der Waals surface area (Å²) in [5.74, 6) is 1.06. The minimum atomic E-state index is -0.161. The van der Waals surface area contributed by atoms with E-state index in [1.807, 2.05) is 0 Å². The van der Waals surface area contributed by atoms with E-state index >= 15 is 0 Å². The maximum Gasteiger partial charge on any atom is 0.305 e. The average molecular weight is 377 g/mol. The summed E-state index contributed by atoms with van der Waals surface area (Å²) in [6.07, 6.45) is 10.8. The fourth-order valence-electron chi connectivity index (χ4n) is 2.45. The third-order valence-corrected chi connectivity index (χ3v) is 4.26. The molecule has 0 amide bonds. The van der Waals surface area contributed by atoms with Crippen molar-refractivity contribution in [3.05, 3.63) is 0 Å². The molecule has 0 spiro atoms. The van der Waals surface area contributed by atoms with Gasteiger partial charge >= 0.3 is 11.9 Å². The van der Waals surface area contributed by atoms with E-state index in [2.05, 4.69) is 13.8 Å². The highest BCUT2D eigenvalue weighted by Crippen LogP contribution is 2.08. The van der Waals surface area contributed by atoms with Gasteiger partial charge in [-0.05, 0) is 44.4 Å². The number of carbonyl (C=O) groups excluding carboxylic acids is 2. The SMILES string of the molecule is CC(C)CCCOC(=O)CCCCC(=O)OCCCCCCCCCl. The topological polar surface area (TPSA) is 52.6 Å². The molecule has 0 aliphatic heterocycles. The Morgan fingerprint density at radius 1 is 0.720 bits per heavy atom. The van der Waals surface area contributed by atoms with Crippen LogP contribution in [0, 0.1) is 5.92 Å². The first-order valence-electron chi connectivity index (χ1n) is 9.93. The highest BCUT2D eigenvalue weighted by Gasteiger charge is 2.06. The number of alkyl halides is 1. The van der Waals surface area contributed by atoms with Gasteiger partial charge in [-0.3, -0.25) is 9.59 Å². The van der Waals surface area contributed by atoms with Crippen molar-refractivity contribution in [3.63, 3.8) is 0 Å². The van der Waals surface area contributed by atoms with E-state index in [0.29, 0.717) is 44.8 Å². The summed E-state index contributed by atoms with van der Waals surface area (Å²) in [4.78, 5) is 23.1. The first-order valence-corrected chi connectivity index (χ1v) is 10.5. The standard InChI is InChI=1S/C20H37ClO4/c1-18(2)12-11-17-25-20(23)14-8-7-13-19(22)24-16-10-6-4-3-5-9-15-21/h18H,3-17H2,1-2H3. The molecule has 0 bridgehead atoms. The Morgan fingerprint density at radius 3 is 1.72 bits per heavy atom. The second kappa shape index (κ2) is 18.0. The lowest BCUT2D eigenvalue weighted by Crippen LogP contribution is -2.08. The number of carbonyl (C=O) groups is 2. The number of hydrogen-bond acceptors (Lipinski definition) is 4. The van der Waals surface area contributed by atoms with Gasteiger partial charge < -0.3 is 9.47 Å². The van der Waals surface area contributed by atoms with Crippen LogP contribution in [0.1, 0.15) is 90.9 Å². The lowest BCUT2D eigenvalue weighted by Gasteiger charge is -2.07. The van der Waals surface area contributed by atoms with E-state index in [-0.39, 0.29) is 11.9 Å². The van der Waals surface area contributed by atoms with Crippen molar-refractivity contribution >= 4 is 23.5 Å². The Labute approximate surface area is 159 Å². The summed E-state index contributed by atoms with van der Waals surface area (Å²) in [7, 11) is 0. The van der Waals surface area contributed by atoms with Gasteiger partial charge in [0.05, 0.1) is 13.2 Å². The molecule has 0 aliphatic carbocycles. The quantitative estimate of drug-likeness (QED) is 0.187. The van der Waals surface area contributed by atoms with Gasteiger partial charge in [-0.2, -0.15) is 0 Å². The van der Waals surface area contributed by atoms with Crippen LogP contribution in [-0.2, 0) is 19.1 Å². The van der Waals surface area contributed by atoms with Crippen molar-refractivity contribution < 1.29 is 19.1 Å². The van der Waals surface area contributed by atoms with Crippen LogP contribution in [0.25, 0.3) is 0 Å². The molecule has 0 N–H and O–H groups in total. The Balaban J connectivity index is 3.33. The summed E-state index contributed by atoms with van der Waals surface area (Å²) < 4.78 is 10.4. The molecule has 0 saturated carbocycles. The molecule has 0 atom stereocenters. The van der Waals surface area contributed by atoms with Gasteiger partial charge in [0.1, 0.15) is 0 Å². The van der Waals surface area contributed by atoms with Crippen LogP contribution in [0.3, 0.4) is 0 Å². The van der Waals surface area contributed by atoms with Gasteiger partial charge in [-0.1, -0.05) is 39.5 Å². The maximum absolute atomic E-state index is 11.6. The van der Waals surface area contributed by atoms with E-state index in [1.54, 1.807) is 0 Å². The fraction of sp³-hybridized carbons (Fsp3) is 0.900. The molecule has 0 radical (unpaired) electrons. The second-order valence-corrected chi connectivity index (χ2v) is 7.37. The molecule has 0 aromatic rings. The summed E-state index contributed by atoms with van der Waals surface area (Å²) in [5, 5.41) is 0. The molecular weight excluding hydrogens is 340 g/mol. The van der Waals surface area contributed by atoms with E-state index in [1.165, 1.54) is 19.3 Å². The summed E-state index contributed by atoms with van der Waals surface area (Å²) in [5.41, 5.74) is 0. The smallest absolute Gasteiger partial charge is 0.305 e. The molecule has 0 heterocycles. The molecule has 0 aromatic heterocycles. The predicted octanol–water partition coefficient (Wildman–Crippen LogP) is 5.65. The van der Waals surface area contributed by atoms with Gasteiger partial charge in [-0.25, -0.2) is 0 Å². The van der Waals surface area contributed by atoms with E-state index < -0.39 is 0 Å². The number of hydrogen-bond donors (Lipinski definition) is 0. The third kappa shape index (κ3) is 19.4. The fourth-order valence-corrected chi connectivity index (χ4v) is 2.64. The lowest BCUT2D eigenvalue weighted by atomic mass is 10.1. The highest BCUT2D eigenvalue weighted by molar-refractivity contribution is 6.17. The van der Waals surface area contributed by atoms with Crippen LogP contribution in [0.5, 0.6) is 0 Å². The normalized spacial score (nSPS) is 10.9. The Bertz CT molecular complexity index is 332. The van der Waals surface area contributed by atoms with Gasteiger partial charge in [0.2, 0.25) is 0 Å². The molecule has 0 fully saturated rings. The van der Waals surface area contributed by atoms with Gasteiger partial charge in [-0.15, -0.1) is 11.6 Å². The van der Waals surface area contributed by atoms with E-state index in [0.717, 1.165) is 38.0 Å². The number of rotatable bonds is 17. The lowest BCUT2D eigenvalue weighted by molar-refractivity contribution is -0.146. The molecule has 0 rings (SSSR count). The van der Waals surface area contributed by atoms with Crippen molar-refractivity contribution in [1.29, 1.82) is 0 Å². The monoisotopic (exact) mass is 376 g/mol. The van der Waals surface area contributed by atoms with Crippen molar-refractivity contribution in [2.45, 2.75) is 90.9 Å². The largest absolute Gasteiger partial charge is 0.466 e. The first-order chi connectivity index (χ1) is 12.1. The molecule has 25 heavy (non-hydrogen) atoms. The molecule has 0 unspecified atom stereocenters. The zero-order valence-corrected chi connectivity index (χ0v) is 17.0. The van der Waals surface area contributed by atoms with Crippen LogP contribution in [-0.4, -0.2) is 31.0 Å². The average Bonchev–Trinajstić information content (AvgIpc) is 2.58. The number of halogens is 1. The van der Waals surface area contributed by atoms with Gasteiger partial charge in [0.15, 0.2) is 0 Å². The summed E-state index contributed by atoms with van der Waals surface area (Å²) in [6.45, 7) is 5.32. The number of ether oxygens (including phenoxy) is 2. The third-order valence-electron chi connectivity index (χ3n) is 3.99. The van der Waals surface area contributed by atoms with E-state index in [4.69, 9.17) is 21.1 Å². The summed E-state index contributed by atoms with van der Waals surface area (Å²) >= 11 is 5.62. The second-order valence-electron chi connectivity index (χ2n) is 6.99. The Kier molecular flexibility index (Phi) is 17.5. The molecule has 4 nitrogen and oxygen atoms in total. The minimum Gasteiger partial charge on any atom is -0.466 e. The Hall–Kier alpha value is -0.770. The van der Waals surface area contributed by atoms with E-state index in [9.17, 15) is 9.59 Å². The first kappa shape index (κ1) is 24.2. The molecule has 0 aromatic carbocycles. The van der Waals surface area contributed by atoms with Crippen molar-refractivity contribution in [2.75, 3.05) is 19.1 Å². The molecule has 0 aliphatic rings. The molecular formula is C20H37ClO4. The Morgan fingerprint density at radius 2 is 1.20 bits per heavy atom. The summed E-state index contributed by atoms with van der Waals surface area (Å²) in [6, 6.07) is 0. The van der Waals surface area contributed by atoms with Crippen LogP contribution in [0.2, 0.25) is 0 Å². The molecule has 0 saturated heterocycles. The van der Waals surface area contributed by atoms with Crippen LogP contribution in [0.15, 0.2) is 0 Å². The van der Waals surface area contributed by atoms with Crippen molar-refractivity contribution in [2.24, 2.45) is 5.92 Å². The van der Waals surface area contributed by atoms with Crippen LogP contribution >= 0.6 is 11.6 Å². The number of esters is 2. The zero-order chi connectivity index (χ0) is 18.8. The maximum atomic E-state index is 11.6. The van der Waals surface area contributed by atoms with Crippen LogP contribution < -0.4 is 0 Å². The molecule has 5 heteroatoms. The van der Waals surface area contributed by atoms with Crippen LogP contribution in [0.4, 0.5) is 0 Å². The van der Waals surface area contributed by atoms with Crippen molar-refractivity contribution in [3.8, 4) is 0 Å². The highest BCUT2D eigenvalue weighted by atomic mass is 35.5.